The highest BCUT2D eigenvalue weighted by molar-refractivity contribution is 6.35. The molecular formula is C28H30Cl2N2O2. The molecule has 2 atom stereocenters. The van der Waals surface area contributed by atoms with Crippen molar-refractivity contribution in [3.05, 3.63) is 106 Å². The molecule has 0 aliphatic carbocycles. The molecule has 0 aliphatic heterocycles. The molecule has 34 heavy (non-hydrogen) atoms. The standard InChI is InChI=1S/C28H30Cl2N2O2/c1-3-20(2)31-28(34)26(16-21-10-6-4-7-11-21)32(19-22-12-8-5-9-13-22)27(33)17-23-14-15-24(29)18-25(23)30/h4-15,18,20,26H,3,16-17,19H2,1-2H3,(H,31,34)/t20-,26+/m1/s1. The Hall–Kier alpha value is -2.82. The Kier molecular flexibility index (Phi) is 9.55. The zero-order chi connectivity index (χ0) is 24.5. The summed E-state index contributed by atoms with van der Waals surface area (Å²) in [5, 5.41) is 4.02. The molecule has 0 unspecified atom stereocenters. The predicted molar refractivity (Wildman–Crippen MR) is 139 cm³/mol. The van der Waals surface area contributed by atoms with Crippen LogP contribution in [-0.2, 0) is 29.0 Å². The molecule has 1 N–H and O–H groups in total. The number of hydrogen-bond acceptors (Lipinski definition) is 2. The SMILES string of the molecule is CC[C@@H](C)NC(=O)[C@H](Cc1ccccc1)N(Cc1ccccc1)C(=O)Cc1ccc(Cl)cc1Cl. The van der Waals surface area contributed by atoms with Crippen molar-refractivity contribution in [3.63, 3.8) is 0 Å². The lowest BCUT2D eigenvalue weighted by Crippen LogP contribution is -2.52. The summed E-state index contributed by atoms with van der Waals surface area (Å²) in [5.74, 6) is -0.335. The van der Waals surface area contributed by atoms with Gasteiger partial charge in [-0.15, -0.1) is 0 Å². The van der Waals surface area contributed by atoms with Crippen LogP contribution in [0, 0.1) is 0 Å². The Balaban J connectivity index is 1.97. The third kappa shape index (κ3) is 7.34. The first-order valence-corrected chi connectivity index (χ1v) is 12.2. The zero-order valence-corrected chi connectivity index (χ0v) is 21.0. The maximum absolute atomic E-state index is 13.7. The van der Waals surface area contributed by atoms with E-state index in [-0.39, 0.29) is 24.3 Å². The van der Waals surface area contributed by atoms with Crippen LogP contribution in [0.2, 0.25) is 10.0 Å². The van der Waals surface area contributed by atoms with Crippen molar-refractivity contribution in [1.82, 2.24) is 10.2 Å². The molecule has 0 saturated carbocycles. The third-order valence-electron chi connectivity index (χ3n) is 5.82. The predicted octanol–water partition coefficient (Wildman–Crippen LogP) is 6.09. The van der Waals surface area contributed by atoms with E-state index >= 15 is 0 Å². The lowest BCUT2D eigenvalue weighted by Gasteiger charge is -2.32. The van der Waals surface area contributed by atoms with Crippen molar-refractivity contribution in [2.24, 2.45) is 0 Å². The van der Waals surface area contributed by atoms with Crippen LogP contribution in [0.15, 0.2) is 78.9 Å². The second-order valence-electron chi connectivity index (χ2n) is 8.44. The van der Waals surface area contributed by atoms with Gasteiger partial charge in [-0.05, 0) is 42.2 Å². The molecule has 4 nitrogen and oxygen atoms in total. The molecule has 2 amide bonds. The summed E-state index contributed by atoms with van der Waals surface area (Å²) < 4.78 is 0. The van der Waals surface area contributed by atoms with Gasteiger partial charge in [0.2, 0.25) is 11.8 Å². The zero-order valence-electron chi connectivity index (χ0n) is 19.5. The Labute approximate surface area is 211 Å². The number of nitrogens with zero attached hydrogens (tertiary/aromatic N) is 1. The van der Waals surface area contributed by atoms with Crippen molar-refractivity contribution in [2.45, 2.75) is 51.7 Å². The van der Waals surface area contributed by atoms with Crippen LogP contribution in [0.5, 0.6) is 0 Å². The molecule has 3 aromatic carbocycles. The second-order valence-corrected chi connectivity index (χ2v) is 9.29. The van der Waals surface area contributed by atoms with Crippen molar-refractivity contribution in [2.75, 3.05) is 0 Å². The van der Waals surface area contributed by atoms with Gasteiger partial charge in [0, 0.05) is 29.1 Å². The summed E-state index contributed by atoms with van der Waals surface area (Å²) in [6.45, 7) is 4.30. The van der Waals surface area contributed by atoms with Crippen molar-refractivity contribution >= 4 is 35.0 Å². The normalized spacial score (nSPS) is 12.6. The first-order valence-electron chi connectivity index (χ1n) is 11.5. The third-order valence-corrected chi connectivity index (χ3v) is 6.41. The van der Waals surface area contributed by atoms with Crippen molar-refractivity contribution < 1.29 is 9.59 Å². The first kappa shape index (κ1) is 25.8. The molecule has 0 saturated heterocycles. The molecule has 0 radical (unpaired) electrons. The van der Waals surface area contributed by atoms with Gasteiger partial charge in [0.1, 0.15) is 6.04 Å². The summed E-state index contributed by atoms with van der Waals surface area (Å²) in [6.07, 6.45) is 1.29. The van der Waals surface area contributed by atoms with E-state index in [4.69, 9.17) is 23.2 Å². The largest absolute Gasteiger partial charge is 0.352 e. The number of carbonyl (C=O) groups excluding carboxylic acids is 2. The Morgan fingerprint density at radius 1 is 0.912 bits per heavy atom. The lowest BCUT2D eigenvalue weighted by atomic mass is 10.0. The topological polar surface area (TPSA) is 49.4 Å². The summed E-state index contributed by atoms with van der Waals surface area (Å²) in [4.78, 5) is 28.8. The van der Waals surface area contributed by atoms with Crippen LogP contribution >= 0.6 is 23.2 Å². The average Bonchev–Trinajstić information content (AvgIpc) is 2.84. The quantitative estimate of drug-likeness (QED) is 0.369. The lowest BCUT2D eigenvalue weighted by molar-refractivity contribution is -0.141. The van der Waals surface area contributed by atoms with Crippen LogP contribution in [0.4, 0.5) is 0 Å². The molecule has 0 aromatic heterocycles. The summed E-state index contributed by atoms with van der Waals surface area (Å²) in [7, 11) is 0. The van der Waals surface area contributed by atoms with Gasteiger partial charge in [-0.1, -0.05) is 96.9 Å². The van der Waals surface area contributed by atoms with Crippen LogP contribution in [0.1, 0.15) is 37.0 Å². The minimum absolute atomic E-state index is 0.00478. The molecule has 0 aliphatic rings. The van der Waals surface area contributed by atoms with E-state index < -0.39 is 6.04 Å². The van der Waals surface area contributed by atoms with Gasteiger partial charge in [0.15, 0.2) is 0 Å². The Morgan fingerprint density at radius 2 is 1.53 bits per heavy atom. The fourth-order valence-corrected chi connectivity index (χ4v) is 4.18. The molecule has 3 aromatic rings. The van der Waals surface area contributed by atoms with E-state index in [2.05, 4.69) is 5.32 Å². The fourth-order valence-electron chi connectivity index (χ4n) is 3.70. The maximum Gasteiger partial charge on any atom is 0.243 e. The molecule has 3 rings (SSSR count). The minimum atomic E-state index is -0.671. The molecule has 0 bridgehead atoms. The van der Waals surface area contributed by atoms with Gasteiger partial charge in [-0.25, -0.2) is 0 Å². The highest BCUT2D eigenvalue weighted by Gasteiger charge is 2.31. The van der Waals surface area contributed by atoms with Crippen LogP contribution in [0.3, 0.4) is 0 Å². The minimum Gasteiger partial charge on any atom is -0.352 e. The van der Waals surface area contributed by atoms with Gasteiger partial charge in [-0.2, -0.15) is 0 Å². The van der Waals surface area contributed by atoms with E-state index in [0.717, 1.165) is 17.5 Å². The second kappa shape index (κ2) is 12.6. The molecule has 0 fully saturated rings. The smallest absolute Gasteiger partial charge is 0.243 e. The molecular weight excluding hydrogens is 467 g/mol. The van der Waals surface area contributed by atoms with Crippen LogP contribution in [-0.4, -0.2) is 28.8 Å². The summed E-state index contributed by atoms with van der Waals surface area (Å²) in [5.41, 5.74) is 2.62. The van der Waals surface area contributed by atoms with E-state index in [1.54, 1.807) is 23.1 Å². The average molecular weight is 497 g/mol. The van der Waals surface area contributed by atoms with Crippen molar-refractivity contribution in [1.29, 1.82) is 0 Å². The van der Waals surface area contributed by atoms with E-state index in [1.165, 1.54) is 0 Å². The van der Waals surface area contributed by atoms with Gasteiger partial charge in [-0.3, -0.25) is 9.59 Å². The number of hydrogen-bond donors (Lipinski definition) is 1. The van der Waals surface area contributed by atoms with Gasteiger partial charge in [0.25, 0.3) is 0 Å². The molecule has 0 heterocycles. The van der Waals surface area contributed by atoms with E-state index in [1.807, 2.05) is 74.5 Å². The highest BCUT2D eigenvalue weighted by atomic mass is 35.5. The highest BCUT2D eigenvalue weighted by Crippen LogP contribution is 2.23. The number of amides is 2. The van der Waals surface area contributed by atoms with E-state index in [9.17, 15) is 9.59 Å². The molecule has 6 heteroatoms. The van der Waals surface area contributed by atoms with Gasteiger partial charge in [0.05, 0.1) is 6.42 Å². The maximum atomic E-state index is 13.7. The Morgan fingerprint density at radius 3 is 2.12 bits per heavy atom. The number of carbonyl (C=O) groups is 2. The number of nitrogens with one attached hydrogen (secondary N) is 1. The molecule has 0 spiro atoms. The first-order chi connectivity index (χ1) is 16.4. The van der Waals surface area contributed by atoms with E-state index in [0.29, 0.717) is 28.6 Å². The number of rotatable bonds is 10. The Bertz CT molecular complexity index is 1090. The fraction of sp³-hybridized carbons (Fsp3) is 0.286. The van der Waals surface area contributed by atoms with Gasteiger partial charge < -0.3 is 10.2 Å². The van der Waals surface area contributed by atoms with Crippen LogP contribution < -0.4 is 5.32 Å². The van der Waals surface area contributed by atoms with Gasteiger partial charge >= 0.3 is 0 Å². The summed E-state index contributed by atoms with van der Waals surface area (Å²) >= 11 is 12.4. The number of benzene rings is 3. The molecule has 178 valence electrons. The number of halogens is 2. The summed E-state index contributed by atoms with van der Waals surface area (Å²) in [6, 6.07) is 23.9. The monoisotopic (exact) mass is 496 g/mol. The van der Waals surface area contributed by atoms with Crippen LogP contribution in [0.25, 0.3) is 0 Å². The van der Waals surface area contributed by atoms with Crippen molar-refractivity contribution in [3.8, 4) is 0 Å².